The van der Waals surface area contributed by atoms with Crippen molar-refractivity contribution in [3.05, 3.63) is 59.2 Å². The zero-order valence-electron chi connectivity index (χ0n) is 12.0. The number of hydrogen-bond donors (Lipinski definition) is 0. The fraction of sp³-hybridized carbons (Fsp3) is 0.235. The fourth-order valence-electron chi connectivity index (χ4n) is 2.03. The molecule has 0 aliphatic rings. The molecule has 0 saturated carbocycles. The quantitative estimate of drug-likeness (QED) is 0.775. The van der Waals surface area contributed by atoms with Crippen LogP contribution in [-0.4, -0.2) is 12.9 Å². The summed E-state index contributed by atoms with van der Waals surface area (Å²) in [6, 6.07) is 13.5. The first-order valence-electron chi connectivity index (χ1n) is 6.48. The molecule has 0 unspecified atom stereocenters. The zero-order valence-corrected chi connectivity index (χ0v) is 12.0. The van der Waals surface area contributed by atoms with Crippen molar-refractivity contribution in [2.45, 2.75) is 20.5 Å². The van der Waals surface area contributed by atoms with E-state index in [1.165, 1.54) is 6.92 Å². The molecule has 0 spiro atoms. The van der Waals surface area contributed by atoms with Crippen LogP contribution in [0.1, 0.15) is 28.4 Å². The Morgan fingerprint density at radius 3 is 2.45 bits per heavy atom. The summed E-state index contributed by atoms with van der Waals surface area (Å²) < 4.78 is 11.1. The van der Waals surface area contributed by atoms with Gasteiger partial charge in [0.1, 0.15) is 6.61 Å². The Labute approximate surface area is 119 Å². The molecule has 0 fully saturated rings. The lowest BCUT2D eigenvalue weighted by molar-refractivity contribution is 0.101. The number of carbonyl (C=O) groups is 1. The Bertz CT molecular complexity index is 603. The molecule has 0 aliphatic heterocycles. The number of carbonyl (C=O) groups excluding carboxylic acids is 1. The summed E-state index contributed by atoms with van der Waals surface area (Å²) in [7, 11) is 1.58. The molecule has 0 amide bonds. The van der Waals surface area contributed by atoms with E-state index in [0.717, 1.165) is 11.1 Å². The van der Waals surface area contributed by atoms with Crippen LogP contribution in [0.5, 0.6) is 11.5 Å². The van der Waals surface area contributed by atoms with Gasteiger partial charge in [-0.3, -0.25) is 4.79 Å². The Balaban J connectivity index is 2.32. The van der Waals surface area contributed by atoms with Crippen LogP contribution in [0, 0.1) is 6.92 Å². The molecule has 3 nitrogen and oxygen atoms in total. The van der Waals surface area contributed by atoms with Crippen molar-refractivity contribution in [1.82, 2.24) is 0 Å². The van der Waals surface area contributed by atoms with E-state index in [-0.39, 0.29) is 5.78 Å². The molecule has 0 aromatic heterocycles. The maximum absolute atomic E-state index is 11.8. The predicted molar refractivity (Wildman–Crippen MR) is 78.5 cm³/mol. The number of ether oxygens (including phenoxy) is 2. The van der Waals surface area contributed by atoms with Crippen molar-refractivity contribution in [2.75, 3.05) is 7.11 Å². The molecule has 3 heteroatoms. The second-order valence-electron chi connectivity index (χ2n) is 4.67. The van der Waals surface area contributed by atoms with Crippen LogP contribution in [0.2, 0.25) is 0 Å². The van der Waals surface area contributed by atoms with E-state index in [0.29, 0.717) is 23.7 Å². The highest BCUT2D eigenvalue weighted by Gasteiger charge is 2.15. The highest BCUT2D eigenvalue weighted by Crippen LogP contribution is 2.33. The maximum atomic E-state index is 11.8. The number of aryl methyl sites for hydroxylation is 1. The van der Waals surface area contributed by atoms with Gasteiger partial charge in [-0.2, -0.15) is 0 Å². The molecule has 2 aromatic carbocycles. The first kappa shape index (κ1) is 14.1. The summed E-state index contributed by atoms with van der Waals surface area (Å²) in [4.78, 5) is 11.8. The van der Waals surface area contributed by atoms with E-state index in [1.54, 1.807) is 7.11 Å². The average Bonchev–Trinajstić information content (AvgIpc) is 2.46. The third-order valence-corrected chi connectivity index (χ3v) is 3.02. The lowest BCUT2D eigenvalue weighted by atomic mass is 10.1. The van der Waals surface area contributed by atoms with E-state index >= 15 is 0 Å². The van der Waals surface area contributed by atoms with Gasteiger partial charge in [0.05, 0.1) is 12.7 Å². The highest BCUT2D eigenvalue weighted by molar-refractivity contribution is 5.98. The topological polar surface area (TPSA) is 35.5 Å². The van der Waals surface area contributed by atoms with Crippen LogP contribution in [0.3, 0.4) is 0 Å². The van der Waals surface area contributed by atoms with Crippen LogP contribution in [0.25, 0.3) is 0 Å². The lowest BCUT2D eigenvalue weighted by Crippen LogP contribution is -2.04. The SMILES string of the molecule is COc1cc(C)cc(C(C)=O)c1OCc1ccccc1. The van der Waals surface area contributed by atoms with Crippen molar-refractivity contribution < 1.29 is 14.3 Å². The first-order chi connectivity index (χ1) is 9.61. The molecule has 2 aromatic rings. The molecule has 20 heavy (non-hydrogen) atoms. The van der Waals surface area contributed by atoms with Gasteiger partial charge >= 0.3 is 0 Å². The number of Topliss-reactive ketones (excluding diaryl/α,β-unsaturated/α-hetero) is 1. The van der Waals surface area contributed by atoms with E-state index < -0.39 is 0 Å². The standard InChI is InChI=1S/C17H18O3/c1-12-9-15(13(2)18)17(16(10-12)19-3)20-11-14-7-5-4-6-8-14/h4-10H,11H2,1-3H3. The van der Waals surface area contributed by atoms with Crippen molar-refractivity contribution in [1.29, 1.82) is 0 Å². The van der Waals surface area contributed by atoms with Crippen LogP contribution >= 0.6 is 0 Å². The van der Waals surface area contributed by atoms with Crippen molar-refractivity contribution in [3.63, 3.8) is 0 Å². The Morgan fingerprint density at radius 2 is 1.85 bits per heavy atom. The fourth-order valence-corrected chi connectivity index (χ4v) is 2.03. The van der Waals surface area contributed by atoms with Gasteiger partial charge in [-0.1, -0.05) is 30.3 Å². The van der Waals surface area contributed by atoms with E-state index in [1.807, 2.05) is 49.4 Å². The Kier molecular flexibility index (Phi) is 4.41. The summed E-state index contributed by atoms with van der Waals surface area (Å²) in [6.45, 7) is 3.86. The third-order valence-electron chi connectivity index (χ3n) is 3.02. The normalized spacial score (nSPS) is 10.2. The smallest absolute Gasteiger partial charge is 0.172 e. The van der Waals surface area contributed by atoms with Gasteiger partial charge in [-0.05, 0) is 37.1 Å². The van der Waals surface area contributed by atoms with Gasteiger partial charge in [0.2, 0.25) is 0 Å². The van der Waals surface area contributed by atoms with E-state index in [4.69, 9.17) is 9.47 Å². The summed E-state index contributed by atoms with van der Waals surface area (Å²) in [5.41, 5.74) is 2.57. The molecular weight excluding hydrogens is 252 g/mol. The Hall–Kier alpha value is -2.29. The number of hydrogen-bond acceptors (Lipinski definition) is 3. The molecule has 0 N–H and O–H groups in total. The number of ketones is 1. The van der Waals surface area contributed by atoms with Crippen molar-refractivity contribution in [3.8, 4) is 11.5 Å². The average molecular weight is 270 g/mol. The van der Waals surface area contributed by atoms with Gasteiger partial charge in [0.15, 0.2) is 17.3 Å². The molecular formula is C17H18O3. The van der Waals surface area contributed by atoms with E-state index in [9.17, 15) is 4.79 Å². The third kappa shape index (κ3) is 3.18. The van der Waals surface area contributed by atoms with Crippen LogP contribution < -0.4 is 9.47 Å². The number of rotatable bonds is 5. The van der Waals surface area contributed by atoms with Gasteiger partial charge in [0.25, 0.3) is 0 Å². The van der Waals surface area contributed by atoms with Crippen molar-refractivity contribution >= 4 is 5.78 Å². The van der Waals surface area contributed by atoms with E-state index in [2.05, 4.69) is 0 Å². The second-order valence-corrected chi connectivity index (χ2v) is 4.67. The molecule has 0 aliphatic carbocycles. The van der Waals surface area contributed by atoms with Crippen LogP contribution in [0.15, 0.2) is 42.5 Å². The lowest BCUT2D eigenvalue weighted by Gasteiger charge is -2.15. The summed E-state index contributed by atoms with van der Waals surface area (Å²) in [6.07, 6.45) is 0. The minimum atomic E-state index is -0.0324. The molecule has 0 heterocycles. The van der Waals surface area contributed by atoms with Crippen LogP contribution in [0.4, 0.5) is 0 Å². The monoisotopic (exact) mass is 270 g/mol. The highest BCUT2D eigenvalue weighted by atomic mass is 16.5. The van der Waals surface area contributed by atoms with Gasteiger partial charge in [-0.25, -0.2) is 0 Å². The molecule has 0 bridgehead atoms. The number of methoxy groups -OCH3 is 1. The summed E-state index contributed by atoms with van der Waals surface area (Å²) in [5, 5.41) is 0. The van der Waals surface area contributed by atoms with Gasteiger partial charge in [-0.15, -0.1) is 0 Å². The molecule has 0 radical (unpaired) electrons. The minimum Gasteiger partial charge on any atom is -0.493 e. The summed E-state index contributed by atoms with van der Waals surface area (Å²) in [5.74, 6) is 1.07. The maximum Gasteiger partial charge on any atom is 0.172 e. The van der Waals surface area contributed by atoms with Gasteiger partial charge in [0, 0.05) is 0 Å². The van der Waals surface area contributed by atoms with Gasteiger partial charge < -0.3 is 9.47 Å². The molecule has 104 valence electrons. The largest absolute Gasteiger partial charge is 0.493 e. The summed E-state index contributed by atoms with van der Waals surface area (Å²) >= 11 is 0. The minimum absolute atomic E-state index is 0.0324. The molecule has 2 rings (SSSR count). The molecule has 0 saturated heterocycles. The van der Waals surface area contributed by atoms with Crippen molar-refractivity contribution in [2.24, 2.45) is 0 Å². The Morgan fingerprint density at radius 1 is 1.15 bits per heavy atom. The second kappa shape index (κ2) is 6.24. The number of benzene rings is 2. The zero-order chi connectivity index (χ0) is 14.5. The predicted octanol–water partition coefficient (Wildman–Crippen LogP) is 3.79. The first-order valence-corrected chi connectivity index (χ1v) is 6.48. The van der Waals surface area contributed by atoms with Crippen LogP contribution in [-0.2, 0) is 6.61 Å². The molecule has 0 atom stereocenters.